The third kappa shape index (κ3) is 6.03. The normalized spacial score (nSPS) is 11.9. The Morgan fingerprint density at radius 2 is 2.05 bits per heavy atom. The van der Waals surface area contributed by atoms with Crippen LogP contribution in [0, 0.1) is 5.82 Å². The van der Waals surface area contributed by atoms with Gasteiger partial charge in [-0.15, -0.1) is 11.8 Å². The van der Waals surface area contributed by atoms with E-state index < -0.39 is 12.1 Å². The maximum absolute atomic E-state index is 12.7. The summed E-state index contributed by atoms with van der Waals surface area (Å²) in [6, 6.07) is 6.00. The number of amides is 1. The number of methoxy groups -OCH3 is 1. The highest BCUT2D eigenvalue weighted by molar-refractivity contribution is 7.99. The zero-order valence-corrected chi connectivity index (χ0v) is 11.8. The summed E-state index contributed by atoms with van der Waals surface area (Å²) in [5, 5.41) is 11.2. The Morgan fingerprint density at radius 1 is 1.40 bits per heavy atom. The summed E-state index contributed by atoms with van der Waals surface area (Å²) in [6.45, 7) is -0.0636. The molecule has 5 nitrogen and oxygen atoms in total. The number of carboxylic acids is 1. The van der Waals surface area contributed by atoms with E-state index in [1.165, 1.54) is 31.0 Å². The largest absolute Gasteiger partial charge is 0.479 e. The second-order valence-electron chi connectivity index (χ2n) is 3.92. The molecule has 1 rings (SSSR count). The number of rotatable bonds is 8. The van der Waals surface area contributed by atoms with Crippen LogP contribution < -0.4 is 5.32 Å². The van der Waals surface area contributed by atoms with Crippen LogP contribution in [0.3, 0.4) is 0 Å². The van der Waals surface area contributed by atoms with Crippen LogP contribution in [0.25, 0.3) is 0 Å². The molecule has 0 fully saturated rings. The number of carbonyl (C=O) groups is 2. The standard InChI is InChI=1S/C13H16FNO4S/c1-19-11(13(17)18)8-15-12(16)6-7-20-10-4-2-9(14)3-5-10/h2-5,11H,6-8H2,1H3,(H,15,16)(H,17,18). The minimum absolute atomic E-state index is 0.0636. The number of halogens is 1. The predicted octanol–water partition coefficient (Wildman–Crippen LogP) is 1.52. The maximum atomic E-state index is 12.7. The molecule has 0 aliphatic rings. The first-order valence-electron chi connectivity index (χ1n) is 5.93. The van der Waals surface area contributed by atoms with E-state index in [4.69, 9.17) is 9.84 Å². The number of thioether (sulfide) groups is 1. The zero-order valence-electron chi connectivity index (χ0n) is 11.0. The van der Waals surface area contributed by atoms with Gasteiger partial charge < -0.3 is 15.2 Å². The Kier molecular flexibility index (Phi) is 7.03. The number of ether oxygens (including phenoxy) is 1. The summed E-state index contributed by atoms with van der Waals surface area (Å²) in [7, 11) is 1.27. The lowest BCUT2D eigenvalue weighted by molar-refractivity contribution is -0.148. The predicted molar refractivity (Wildman–Crippen MR) is 73.2 cm³/mol. The fourth-order valence-corrected chi connectivity index (χ4v) is 2.21. The molecule has 0 bridgehead atoms. The smallest absolute Gasteiger partial charge is 0.334 e. The van der Waals surface area contributed by atoms with Crippen LogP contribution in [0.2, 0.25) is 0 Å². The number of aliphatic carboxylic acids is 1. The number of nitrogens with one attached hydrogen (secondary N) is 1. The van der Waals surface area contributed by atoms with Crippen molar-refractivity contribution in [1.29, 1.82) is 0 Å². The van der Waals surface area contributed by atoms with E-state index in [1.54, 1.807) is 12.1 Å². The second kappa shape index (κ2) is 8.55. The van der Waals surface area contributed by atoms with E-state index in [0.717, 1.165) is 4.90 Å². The van der Waals surface area contributed by atoms with Crippen molar-refractivity contribution < 1.29 is 23.8 Å². The molecule has 0 saturated carbocycles. The molecule has 2 N–H and O–H groups in total. The topological polar surface area (TPSA) is 75.6 Å². The number of benzene rings is 1. The van der Waals surface area contributed by atoms with Gasteiger partial charge >= 0.3 is 5.97 Å². The monoisotopic (exact) mass is 301 g/mol. The summed E-state index contributed by atoms with van der Waals surface area (Å²) < 4.78 is 17.4. The third-order valence-electron chi connectivity index (χ3n) is 2.46. The van der Waals surface area contributed by atoms with Crippen molar-refractivity contribution in [3.05, 3.63) is 30.1 Å². The van der Waals surface area contributed by atoms with Crippen molar-refractivity contribution in [3.63, 3.8) is 0 Å². The van der Waals surface area contributed by atoms with Gasteiger partial charge in [-0.3, -0.25) is 4.79 Å². The molecule has 0 spiro atoms. The first-order valence-corrected chi connectivity index (χ1v) is 6.92. The van der Waals surface area contributed by atoms with E-state index in [2.05, 4.69) is 5.32 Å². The Labute approximate surface area is 120 Å². The van der Waals surface area contributed by atoms with Gasteiger partial charge in [0.05, 0.1) is 6.54 Å². The van der Waals surface area contributed by atoms with Crippen LogP contribution in [-0.4, -0.2) is 42.5 Å². The van der Waals surface area contributed by atoms with Gasteiger partial charge in [-0.25, -0.2) is 9.18 Å². The summed E-state index contributed by atoms with van der Waals surface area (Å²) in [5.41, 5.74) is 0. The first kappa shape index (κ1) is 16.5. The average molecular weight is 301 g/mol. The molecule has 1 aromatic rings. The van der Waals surface area contributed by atoms with Crippen LogP contribution in [0.5, 0.6) is 0 Å². The van der Waals surface area contributed by atoms with Gasteiger partial charge in [0.2, 0.25) is 5.91 Å². The molecule has 0 aromatic heterocycles. The van der Waals surface area contributed by atoms with Crippen molar-refractivity contribution in [2.45, 2.75) is 17.4 Å². The Hall–Kier alpha value is -1.60. The van der Waals surface area contributed by atoms with E-state index in [-0.39, 0.29) is 24.7 Å². The fraction of sp³-hybridized carbons (Fsp3) is 0.385. The molecule has 1 atom stereocenters. The molecule has 110 valence electrons. The van der Waals surface area contributed by atoms with E-state index in [1.807, 2.05) is 0 Å². The van der Waals surface area contributed by atoms with Crippen LogP contribution in [0.4, 0.5) is 4.39 Å². The molecule has 0 radical (unpaired) electrons. The average Bonchev–Trinajstić information content (AvgIpc) is 2.41. The van der Waals surface area contributed by atoms with E-state index in [0.29, 0.717) is 5.75 Å². The third-order valence-corrected chi connectivity index (χ3v) is 3.47. The lowest BCUT2D eigenvalue weighted by Gasteiger charge is -2.11. The quantitative estimate of drug-likeness (QED) is 0.712. The zero-order chi connectivity index (χ0) is 15.0. The number of carbonyl (C=O) groups excluding carboxylic acids is 1. The van der Waals surface area contributed by atoms with E-state index >= 15 is 0 Å². The van der Waals surface area contributed by atoms with Crippen LogP contribution in [0.15, 0.2) is 29.2 Å². The molecule has 0 heterocycles. The van der Waals surface area contributed by atoms with Crippen LogP contribution >= 0.6 is 11.8 Å². The van der Waals surface area contributed by atoms with Gasteiger partial charge in [0.25, 0.3) is 0 Å². The Bertz CT molecular complexity index is 452. The summed E-state index contributed by atoms with van der Waals surface area (Å²) >= 11 is 1.43. The van der Waals surface area contributed by atoms with Gasteiger partial charge in [0.1, 0.15) is 5.82 Å². The molecular weight excluding hydrogens is 285 g/mol. The summed E-state index contributed by atoms with van der Waals surface area (Å²) in [4.78, 5) is 23.0. The molecule has 20 heavy (non-hydrogen) atoms. The van der Waals surface area contributed by atoms with Gasteiger partial charge in [0, 0.05) is 24.2 Å². The van der Waals surface area contributed by atoms with E-state index in [9.17, 15) is 14.0 Å². The SMILES string of the molecule is COC(CNC(=O)CCSc1ccc(F)cc1)C(=O)O. The van der Waals surface area contributed by atoms with Crippen molar-refractivity contribution in [3.8, 4) is 0 Å². The molecule has 0 aliphatic carbocycles. The maximum Gasteiger partial charge on any atom is 0.334 e. The molecule has 7 heteroatoms. The van der Waals surface area contributed by atoms with Crippen LogP contribution in [0.1, 0.15) is 6.42 Å². The lowest BCUT2D eigenvalue weighted by atomic mass is 10.3. The van der Waals surface area contributed by atoms with Crippen molar-refractivity contribution >= 4 is 23.6 Å². The van der Waals surface area contributed by atoms with Crippen LogP contribution in [-0.2, 0) is 14.3 Å². The molecule has 1 amide bonds. The fourth-order valence-electron chi connectivity index (χ4n) is 1.36. The molecular formula is C13H16FNO4S. The highest BCUT2D eigenvalue weighted by atomic mass is 32.2. The van der Waals surface area contributed by atoms with Gasteiger partial charge in [-0.05, 0) is 24.3 Å². The van der Waals surface area contributed by atoms with Gasteiger partial charge in [0.15, 0.2) is 6.10 Å². The van der Waals surface area contributed by atoms with Crippen molar-refractivity contribution in [2.75, 3.05) is 19.4 Å². The highest BCUT2D eigenvalue weighted by Crippen LogP contribution is 2.18. The Morgan fingerprint density at radius 3 is 2.60 bits per heavy atom. The number of hydrogen-bond donors (Lipinski definition) is 2. The lowest BCUT2D eigenvalue weighted by Crippen LogP contribution is -2.37. The van der Waals surface area contributed by atoms with Crippen molar-refractivity contribution in [2.24, 2.45) is 0 Å². The number of hydrogen-bond acceptors (Lipinski definition) is 4. The highest BCUT2D eigenvalue weighted by Gasteiger charge is 2.16. The first-order chi connectivity index (χ1) is 9.52. The van der Waals surface area contributed by atoms with Gasteiger partial charge in [-0.2, -0.15) is 0 Å². The molecule has 0 aliphatic heterocycles. The van der Waals surface area contributed by atoms with Crippen molar-refractivity contribution in [1.82, 2.24) is 5.32 Å². The van der Waals surface area contributed by atoms with Gasteiger partial charge in [-0.1, -0.05) is 0 Å². The minimum atomic E-state index is -1.12. The summed E-state index contributed by atoms with van der Waals surface area (Å²) in [6.07, 6.45) is -0.790. The molecule has 1 aromatic carbocycles. The summed E-state index contributed by atoms with van der Waals surface area (Å²) in [5.74, 6) is -1.13. The number of carboxylic acid groups (broad SMARTS) is 1. The second-order valence-corrected chi connectivity index (χ2v) is 5.09. The molecule has 0 saturated heterocycles. The Balaban J connectivity index is 2.23. The molecule has 1 unspecified atom stereocenters. The minimum Gasteiger partial charge on any atom is -0.479 e.